The van der Waals surface area contributed by atoms with Gasteiger partial charge in [-0.05, 0) is 29.2 Å². The Bertz CT molecular complexity index is 946. The molecule has 3 N–H and O–H groups in total. The molecule has 0 heterocycles. The number of methoxy groups -OCH3 is 1. The summed E-state index contributed by atoms with van der Waals surface area (Å²) in [7, 11) is 1.42. The van der Waals surface area contributed by atoms with Crippen LogP contribution < -0.4 is 10.6 Å². The van der Waals surface area contributed by atoms with E-state index in [2.05, 4.69) is 10.6 Å². The third-order valence-electron chi connectivity index (χ3n) is 5.74. The number of rotatable bonds is 9. The number of hydrogen-bond acceptors (Lipinski definition) is 5. The topological polar surface area (TPSA) is 114 Å². The predicted octanol–water partition coefficient (Wildman–Crippen LogP) is 2.77. The van der Waals surface area contributed by atoms with Crippen LogP contribution in [0.15, 0.2) is 48.5 Å². The highest BCUT2D eigenvalue weighted by molar-refractivity contribution is 5.86. The molecule has 0 bridgehead atoms. The van der Waals surface area contributed by atoms with Crippen LogP contribution in [0.2, 0.25) is 0 Å². The number of nitrogens with one attached hydrogen (secondary N) is 2. The van der Waals surface area contributed by atoms with Gasteiger partial charge in [0, 0.05) is 19.6 Å². The molecule has 2 aromatic rings. The van der Waals surface area contributed by atoms with Gasteiger partial charge in [0.25, 0.3) is 0 Å². The highest BCUT2D eigenvalue weighted by Crippen LogP contribution is 2.44. The number of amides is 2. The summed E-state index contributed by atoms with van der Waals surface area (Å²) >= 11 is 0. The molecule has 2 aromatic carbocycles. The van der Waals surface area contributed by atoms with Crippen molar-refractivity contribution in [2.24, 2.45) is 5.92 Å². The number of ether oxygens (including phenoxy) is 2. The Morgan fingerprint density at radius 3 is 2.09 bits per heavy atom. The van der Waals surface area contributed by atoms with Crippen LogP contribution in [-0.4, -0.2) is 55.5 Å². The van der Waals surface area contributed by atoms with Crippen LogP contribution in [0.3, 0.4) is 0 Å². The number of carbonyl (C=O) groups is 3. The quantitative estimate of drug-likeness (QED) is 0.553. The molecule has 8 heteroatoms. The summed E-state index contributed by atoms with van der Waals surface area (Å²) in [4.78, 5) is 36.1. The molecule has 1 aliphatic carbocycles. The second kappa shape index (κ2) is 10.3. The molecule has 3 rings (SSSR count). The van der Waals surface area contributed by atoms with E-state index in [1.54, 1.807) is 6.92 Å². The highest BCUT2D eigenvalue weighted by Gasteiger charge is 2.31. The van der Waals surface area contributed by atoms with E-state index >= 15 is 0 Å². The van der Waals surface area contributed by atoms with Gasteiger partial charge in [0.15, 0.2) is 0 Å². The molecule has 0 aliphatic heterocycles. The van der Waals surface area contributed by atoms with E-state index in [1.165, 1.54) is 14.0 Å². The molecule has 0 saturated heterocycles. The molecule has 3 unspecified atom stereocenters. The number of carboxylic acid groups (broad SMARTS) is 1. The first-order valence-corrected chi connectivity index (χ1v) is 10.5. The van der Waals surface area contributed by atoms with Crippen molar-refractivity contribution in [3.05, 3.63) is 59.7 Å². The second-order valence-corrected chi connectivity index (χ2v) is 7.87. The van der Waals surface area contributed by atoms with E-state index < -0.39 is 36.0 Å². The summed E-state index contributed by atoms with van der Waals surface area (Å²) < 4.78 is 10.7. The van der Waals surface area contributed by atoms with Crippen molar-refractivity contribution >= 4 is 18.0 Å². The number of carbonyl (C=O) groups excluding carboxylic acids is 2. The number of hydrogen-bond donors (Lipinski definition) is 3. The van der Waals surface area contributed by atoms with E-state index in [-0.39, 0.29) is 19.1 Å². The number of alkyl carbamates (subject to hydrolysis) is 1. The van der Waals surface area contributed by atoms with Crippen LogP contribution in [0, 0.1) is 5.92 Å². The lowest BCUT2D eigenvalue weighted by Crippen LogP contribution is -2.54. The van der Waals surface area contributed by atoms with Gasteiger partial charge in [0.05, 0.1) is 12.0 Å². The van der Waals surface area contributed by atoms with Crippen LogP contribution in [0.5, 0.6) is 0 Å². The fraction of sp³-hybridized carbons (Fsp3) is 0.375. The average Bonchev–Trinajstić information content (AvgIpc) is 3.12. The maximum atomic E-state index is 12.5. The zero-order chi connectivity index (χ0) is 23.3. The van der Waals surface area contributed by atoms with E-state index in [1.807, 2.05) is 48.5 Å². The zero-order valence-electron chi connectivity index (χ0n) is 18.3. The Hall–Kier alpha value is -3.39. The number of fused-ring (bicyclic) bond motifs is 3. The van der Waals surface area contributed by atoms with Crippen molar-refractivity contribution in [3.8, 4) is 11.1 Å². The summed E-state index contributed by atoms with van der Waals surface area (Å²) in [6.07, 6.45) is -1.39. The summed E-state index contributed by atoms with van der Waals surface area (Å²) in [5, 5.41) is 14.1. The van der Waals surface area contributed by atoms with Gasteiger partial charge in [-0.15, -0.1) is 0 Å². The average molecular weight is 440 g/mol. The smallest absolute Gasteiger partial charge is 0.407 e. The van der Waals surface area contributed by atoms with Crippen molar-refractivity contribution in [2.75, 3.05) is 20.3 Å². The largest absolute Gasteiger partial charge is 0.481 e. The van der Waals surface area contributed by atoms with Crippen molar-refractivity contribution in [3.63, 3.8) is 0 Å². The summed E-state index contributed by atoms with van der Waals surface area (Å²) in [6, 6.07) is 15.0. The normalized spacial score (nSPS) is 15.1. The van der Waals surface area contributed by atoms with Gasteiger partial charge in [-0.2, -0.15) is 0 Å². The number of benzene rings is 2. The summed E-state index contributed by atoms with van der Waals surface area (Å²) in [5.74, 6) is -2.42. The molecular formula is C24H28N2O6. The van der Waals surface area contributed by atoms with E-state index in [0.717, 1.165) is 22.3 Å². The predicted molar refractivity (Wildman–Crippen MR) is 118 cm³/mol. The minimum atomic E-state index is -1.03. The van der Waals surface area contributed by atoms with Gasteiger partial charge in [-0.3, -0.25) is 9.59 Å². The molecule has 8 nitrogen and oxygen atoms in total. The van der Waals surface area contributed by atoms with Crippen LogP contribution in [0.4, 0.5) is 4.79 Å². The summed E-state index contributed by atoms with van der Waals surface area (Å²) in [6.45, 7) is 3.17. The van der Waals surface area contributed by atoms with Crippen molar-refractivity contribution < 1.29 is 29.0 Å². The Morgan fingerprint density at radius 2 is 1.56 bits per heavy atom. The first kappa shape index (κ1) is 23.3. The molecule has 0 saturated carbocycles. The molecule has 3 atom stereocenters. The molecule has 0 fully saturated rings. The van der Waals surface area contributed by atoms with Gasteiger partial charge < -0.3 is 25.2 Å². The maximum Gasteiger partial charge on any atom is 0.407 e. The van der Waals surface area contributed by atoms with Gasteiger partial charge in [0.1, 0.15) is 12.6 Å². The number of aliphatic carboxylic acids is 1. The molecule has 1 aliphatic rings. The van der Waals surface area contributed by atoms with Crippen molar-refractivity contribution in [1.82, 2.24) is 10.6 Å². The van der Waals surface area contributed by atoms with Crippen LogP contribution in [0.25, 0.3) is 11.1 Å². The Morgan fingerprint density at radius 1 is 1.00 bits per heavy atom. The first-order chi connectivity index (χ1) is 15.3. The molecule has 170 valence electrons. The minimum absolute atomic E-state index is 0.0620. The van der Waals surface area contributed by atoms with Gasteiger partial charge >= 0.3 is 12.1 Å². The lowest BCUT2D eigenvalue weighted by molar-refractivity contribution is -0.141. The molecule has 32 heavy (non-hydrogen) atoms. The van der Waals surface area contributed by atoms with E-state index in [0.29, 0.717) is 0 Å². The Kier molecular flexibility index (Phi) is 7.48. The van der Waals surface area contributed by atoms with Crippen LogP contribution in [0.1, 0.15) is 30.9 Å². The molecular weight excluding hydrogens is 412 g/mol. The number of carboxylic acids is 1. The standard InChI is InChI=1S/C24H28N2O6/c1-14(23(28)29)12-25-22(27)21(15(2)31-3)26-24(30)32-13-20-18-10-6-4-8-16(18)17-9-5-7-11-19(17)20/h4-11,14-15,20-21H,12-13H2,1-3H3,(H,25,27)(H,26,30)(H,28,29). The van der Waals surface area contributed by atoms with Crippen molar-refractivity contribution in [1.29, 1.82) is 0 Å². The Balaban J connectivity index is 1.64. The van der Waals surface area contributed by atoms with E-state index in [4.69, 9.17) is 14.6 Å². The van der Waals surface area contributed by atoms with Gasteiger partial charge in [0.2, 0.25) is 5.91 Å². The van der Waals surface area contributed by atoms with Gasteiger partial charge in [-0.1, -0.05) is 55.5 Å². The SMILES string of the molecule is COC(C)C(NC(=O)OCC1c2ccccc2-c2ccccc21)C(=O)NCC(C)C(=O)O. The Labute approximate surface area is 186 Å². The third kappa shape index (κ3) is 5.08. The van der Waals surface area contributed by atoms with E-state index in [9.17, 15) is 14.4 Å². The fourth-order valence-corrected chi connectivity index (χ4v) is 3.75. The third-order valence-corrected chi connectivity index (χ3v) is 5.74. The second-order valence-electron chi connectivity index (χ2n) is 7.87. The lowest BCUT2D eigenvalue weighted by atomic mass is 9.98. The summed E-state index contributed by atoms with van der Waals surface area (Å²) in [5.41, 5.74) is 4.41. The molecule has 0 spiro atoms. The molecule has 0 radical (unpaired) electrons. The van der Waals surface area contributed by atoms with Gasteiger partial charge in [-0.25, -0.2) is 4.79 Å². The maximum absolute atomic E-state index is 12.5. The lowest BCUT2D eigenvalue weighted by Gasteiger charge is -2.24. The van der Waals surface area contributed by atoms with Crippen LogP contribution in [-0.2, 0) is 19.1 Å². The minimum Gasteiger partial charge on any atom is -0.481 e. The fourth-order valence-electron chi connectivity index (χ4n) is 3.75. The zero-order valence-corrected chi connectivity index (χ0v) is 18.3. The van der Waals surface area contributed by atoms with Crippen molar-refractivity contribution in [2.45, 2.75) is 31.9 Å². The first-order valence-electron chi connectivity index (χ1n) is 10.5. The monoisotopic (exact) mass is 440 g/mol. The highest BCUT2D eigenvalue weighted by atomic mass is 16.5. The van der Waals surface area contributed by atoms with Crippen LogP contribution >= 0.6 is 0 Å². The molecule has 0 aromatic heterocycles. The molecule has 2 amide bonds.